The Morgan fingerprint density at radius 2 is 2.14 bits per heavy atom. The standard InChI is InChI=1S/C14H12ClFN4O/c1-8-3-4-9(5-11(8)16)21-7-12-18-13(15)10-6-17-20(2)14(10)19-12/h3-6H,7H2,1-2H3. The molecule has 0 aliphatic heterocycles. The Balaban J connectivity index is 1.84. The Hall–Kier alpha value is -2.21. The Morgan fingerprint density at radius 1 is 1.33 bits per heavy atom. The third kappa shape index (κ3) is 2.67. The van der Waals surface area contributed by atoms with Crippen molar-refractivity contribution < 1.29 is 9.13 Å². The minimum absolute atomic E-state index is 0.101. The molecular formula is C14H12ClFN4O. The predicted octanol–water partition coefficient (Wildman–Crippen LogP) is 3.04. The minimum Gasteiger partial charge on any atom is -0.486 e. The summed E-state index contributed by atoms with van der Waals surface area (Å²) in [5, 5.41) is 5.08. The molecule has 3 rings (SSSR count). The highest BCUT2D eigenvalue weighted by Gasteiger charge is 2.10. The van der Waals surface area contributed by atoms with Crippen LogP contribution in [0, 0.1) is 12.7 Å². The van der Waals surface area contributed by atoms with Crippen LogP contribution in [0.1, 0.15) is 11.4 Å². The van der Waals surface area contributed by atoms with Gasteiger partial charge in [-0.15, -0.1) is 0 Å². The number of halogens is 2. The molecular weight excluding hydrogens is 295 g/mol. The van der Waals surface area contributed by atoms with Crippen LogP contribution in [0.5, 0.6) is 5.75 Å². The van der Waals surface area contributed by atoms with Crippen molar-refractivity contribution in [1.29, 1.82) is 0 Å². The molecule has 5 nitrogen and oxygen atoms in total. The molecule has 0 N–H and O–H groups in total. The molecule has 1 aromatic carbocycles. The van der Waals surface area contributed by atoms with Crippen molar-refractivity contribution in [2.45, 2.75) is 13.5 Å². The van der Waals surface area contributed by atoms with Gasteiger partial charge in [0.25, 0.3) is 0 Å². The first-order valence-electron chi connectivity index (χ1n) is 6.27. The lowest BCUT2D eigenvalue weighted by atomic mass is 10.2. The summed E-state index contributed by atoms with van der Waals surface area (Å²) in [6.07, 6.45) is 1.61. The molecule has 3 aromatic rings. The van der Waals surface area contributed by atoms with Crippen LogP contribution in [0.2, 0.25) is 5.15 Å². The van der Waals surface area contributed by atoms with Gasteiger partial charge < -0.3 is 4.74 Å². The molecule has 0 fully saturated rings. The van der Waals surface area contributed by atoms with Crippen LogP contribution >= 0.6 is 11.6 Å². The average Bonchev–Trinajstić information content (AvgIpc) is 2.83. The fourth-order valence-corrected chi connectivity index (χ4v) is 2.14. The average molecular weight is 307 g/mol. The van der Waals surface area contributed by atoms with Gasteiger partial charge in [-0.3, -0.25) is 4.68 Å². The number of benzene rings is 1. The number of aromatic nitrogens is 4. The van der Waals surface area contributed by atoms with Crippen LogP contribution in [0.15, 0.2) is 24.4 Å². The fourth-order valence-electron chi connectivity index (χ4n) is 1.91. The molecule has 0 aliphatic carbocycles. The van der Waals surface area contributed by atoms with E-state index >= 15 is 0 Å². The summed E-state index contributed by atoms with van der Waals surface area (Å²) >= 11 is 6.08. The van der Waals surface area contributed by atoms with Gasteiger partial charge >= 0.3 is 0 Å². The van der Waals surface area contributed by atoms with Gasteiger partial charge in [0.1, 0.15) is 23.3 Å². The summed E-state index contributed by atoms with van der Waals surface area (Å²) in [7, 11) is 1.77. The smallest absolute Gasteiger partial charge is 0.170 e. The summed E-state index contributed by atoms with van der Waals surface area (Å²) in [4.78, 5) is 8.49. The number of ether oxygens (including phenoxy) is 1. The van der Waals surface area contributed by atoms with Crippen molar-refractivity contribution in [2.24, 2.45) is 7.05 Å². The molecule has 7 heteroatoms. The maximum atomic E-state index is 13.4. The van der Waals surface area contributed by atoms with Crippen molar-refractivity contribution in [3.63, 3.8) is 0 Å². The zero-order valence-electron chi connectivity index (χ0n) is 11.5. The molecule has 2 heterocycles. The summed E-state index contributed by atoms with van der Waals surface area (Å²) in [5.41, 5.74) is 1.20. The lowest BCUT2D eigenvalue weighted by molar-refractivity contribution is 0.294. The first-order valence-corrected chi connectivity index (χ1v) is 6.65. The molecule has 0 spiro atoms. The SMILES string of the molecule is Cc1ccc(OCc2nc(Cl)c3cnn(C)c3n2)cc1F. The normalized spacial score (nSPS) is 11.0. The number of rotatable bonds is 3. The van der Waals surface area contributed by atoms with E-state index in [9.17, 15) is 4.39 Å². The van der Waals surface area contributed by atoms with Gasteiger partial charge in [-0.2, -0.15) is 5.10 Å². The van der Waals surface area contributed by atoms with E-state index in [1.54, 1.807) is 37.0 Å². The quantitative estimate of drug-likeness (QED) is 0.698. The second-order valence-electron chi connectivity index (χ2n) is 4.64. The molecule has 21 heavy (non-hydrogen) atoms. The van der Waals surface area contributed by atoms with E-state index in [2.05, 4.69) is 15.1 Å². The highest BCUT2D eigenvalue weighted by atomic mass is 35.5. The fraction of sp³-hybridized carbons (Fsp3) is 0.214. The predicted molar refractivity (Wildman–Crippen MR) is 76.8 cm³/mol. The Morgan fingerprint density at radius 3 is 2.90 bits per heavy atom. The third-order valence-electron chi connectivity index (χ3n) is 3.10. The maximum Gasteiger partial charge on any atom is 0.170 e. The van der Waals surface area contributed by atoms with Crippen LogP contribution in [-0.4, -0.2) is 19.7 Å². The van der Waals surface area contributed by atoms with Crippen molar-refractivity contribution in [1.82, 2.24) is 19.7 Å². The highest BCUT2D eigenvalue weighted by Crippen LogP contribution is 2.21. The van der Waals surface area contributed by atoms with E-state index in [-0.39, 0.29) is 12.4 Å². The highest BCUT2D eigenvalue weighted by molar-refractivity contribution is 6.33. The van der Waals surface area contributed by atoms with Gasteiger partial charge in [0, 0.05) is 13.1 Å². The molecule has 0 saturated heterocycles. The Bertz CT molecular complexity index is 818. The van der Waals surface area contributed by atoms with E-state index in [4.69, 9.17) is 16.3 Å². The third-order valence-corrected chi connectivity index (χ3v) is 3.39. The zero-order chi connectivity index (χ0) is 15.0. The van der Waals surface area contributed by atoms with E-state index in [1.165, 1.54) is 6.07 Å². The van der Waals surface area contributed by atoms with Gasteiger partial charge in [-0.05, 0) is 18.6 Å². The lowest BCUT2D eigenvalue weighted by Crippen LogP contribution is -2.04. The molecule has 0 atom stereocenters. The lowest BCUT2D eigenvalue weighted by Gasteiger charge is -2.07. The number of aryl methyl sites for hydroxylation is 2. The first kappa shape index (κ1) is 13.8. The van der Waals surface area contributed by atoms with Gasteiger partial charge in [0.15, 0.2) is 11.5 Å². The number of nitrogens with zero attached hydrogens (tertiary/aromatic N) is 4. The largest absolute Gasteiger partial charge is 0.486 e. The molecule has 108 valence electrons. The number of hydrogen-bond donors (Lipinski definition) is 0. The van der Waals surface area contributed by atoms with Crippen molar-refractivity contribution >= 4 is 22.6 Å². The van der Waals surface area contributed by atoms with Gasteiger partial charge in [-0.1, -0.05) is 17.7 Å². The number of hydrogen-bond acceptors (Lipinski definition) is 4. The topological polar surface area (TPSA) is 52.8 Å². The van der Waals surface area contributed by atoms with Crippen molar-refractivity contribution in [3.8, 4) is 5.75 Å². The second kappa shape index (κ2) is 5.29. The van der Waals surface area contributed by atoms with Crippen LogP contribution in [-0.2, 0) is 13.7 Å². The molecule has 2 aromatic heterocycles. The molecule has 0 aliphatic rings. The second-order valence-corrected chi connectivity index (χ2v) is 4.99. The summed E-state index contributed by atoms with van der Waals surface area (Å²) in [6.45, 7) is 1.79. The maximum absolute atomic E-state index is 13.4. The molecule has 0 unspecified atom stereocenters. The summed E-state index contributed by atoms with van der Waals surface area (Å²) in [6, 6.07) is 4.69. The molecule has 0 amide bonds. The van der Waals surface area contributed by atoms with E-state index in [0.29, 0.717) is 33.3 Å². The first-order chi connectivity index (χ1) is 10.0. The monoisotopic (exact) mass is 306 g/mol. The minimum atomic E-state index is -0.312. The van der Waals surface area contributed by atoms with E-state index < -0.39 is 0 Å². The molecule has 0 radical (unpaired) electrons. The van der Waals surface area contributed by atoms with E-state index in [0.717, 1.165) is 0 Å². The van der Waals surface area contributed by atoms with Gasteiger partial charge in [0.2, 0.25) is 0 Å². The Kier molecular flexibility index (Phi) is 3.47. The van der Waals surface area contributed by atoms with Crippen LogP contribution in [0.4, 0.5) is 4.39 Å². The Labute approximate surface area is 125 Å². The zero-order valence-corrected chi connectivity index (χ0v) is 12.2. The summed E-state index contributed by atoms with van der Waals surface area (Å²) in [5.74, 6) is 0.522. The molecule has 0 bridgehead atoms. The summed E-state index contributed by atoms with van der Waals surface area (Å²) < 4.78 is 20.5. The van der Waals surface area contributed by atoms with Crippen molar-refractivity contribution in [3.05, 3.63) is 46.8 Å². The van der Waals surface area contributed by atoms with Crippen LogP contribution < -0.4 is 4.74 Å². The van der Waals surface area contributed by atoms with Gasteiger partial charge in [0.05, 0.1) is 11.6 Å². The van der Waals surface area contributed by atoms with Crippen LogP contribution in [0.3, 0.4) is 0 Å². The van der Waals surface area contributed by atoms with E-state index in [1.807, 2.05) is 0 Å². The number of fused-ring (bicyclic) bond motifs is 1. The van der Waals surface area contributed by atoms with Crippen LogP contribution in [0.25, 0.3) is 11.0 Å². The molecule has 0 saturated carbocycles. The van der Waals surface area contributed by atoms with Crippen molar-refractivity contribution in [2.75, 3.05) is 0 Å². The van der Waals surface area contributed by atoms with Gasteiger partial charge in [-0.25, -0.2) is 14.4 Å².